The zero-order valence-electron chi connectivity index (χ0n) is 9.31. The molecule has 0 fully saturated rings. The highest BCUT2D eigenvalue weighted by Crippen LogP contribution is 2.29. The van der Waals surface area contributed by atoms with E-state index in [2.05, 4.69) is 50.9 Å². The standard InChI is InChI=1S/C13H17N/c1-8(2)12-10(4)14-13-9(3)6-5-7-11(12)13/h5-8,14H,1-4H3. The lowest BCUT2D eigenvalue weighted by molar-refractivity contribution is 0.864. The summed E-state index contributed by atoms with van der Waals surface area (Å²) in [5.41, 5.74) is 5.40. The first kappa shape index (κ1) is 9.32. The molecule has 1 aromatic carbocycles. The third kappa shape index (κ3) is 1.24. The molecule has 0 bridgehead atoms. The van der Waals surface area contributed by atoms with Crippen LogP contribution >= 0.6 is 0 Å². The maximum atomic E-state index is 3.48. The minimum Gasteiger partial charge on any atom is -0.358 e. The van der Waals surface area contributed by atoms with Crippen LogP contribution in [0.5, 0.6) is 0 Å². The molecule has 0 amide bonds. The Labute approximate surface area is 85.1 Å². The number of aromatic amines is 1. The maximum absolute atomic E-state index is 3.48. The van der Waals surface area contributed by atoms with E-state index < -0.39 is 0 Å². The number of nitrogens with one attached hydrogen (secondary N) is 1. The first-order valence-electron chi connectivity index (χ1n) is 5.19. The van der Waals surface area contributed by atoms with Gasteiger partial charge in [0.05, 0.1) is 0 Å². The topological polar surface area (TPSA) is 15.8 Å². The molecule has 2 rings (SSSR count). The number of rotatable bonds is 1. The summed E-state index contributed by atoms with van der Waals surface area (Å²) in [5, 5.41) is 1.39. The minimum atomic E-state index is 0.588. The van der Waals surface area contributed by atoms with Crippen LogP contribution in [0.1, 0.15) is 36.6 Å². The first-order valence-corrected chi connectivity index (χ1v) is 5.19. The van der Waals surface area contributed by atoms with Crippen molar-refractivity contribution in [3.63, 3.8) is 0 Å². The molecular formula is C13H17N. The van der Waals surface area contributed by atoms with Gasteiger partial charge in [-0.05, 0) is 30.9 Å². The molecule has 0 unspecified atom stereocenters. The number of H-pyrrole nitrogens is 1. The number of benzene rings is 1. The molecule has 2 aromatic rings. The highest BCUT2D eigenvalue weighted by Gasteiger charge is 2.11. The molecule has 0 aliphatic rings. The van der Waals surface area contributed by atoms with Crippen LogP contribution in [-0.4, -0.2) is 4.98 Å². The highest BCUT2D eigenvalue weighted by atomic mass is 14.7. The van der Waals surface area contributed by atoms with Gasteiger partial charge in [-0.2, -0.15) is 0 Å². The predicted octanol–water partition coefficient (Wildman–Crippen LogP) is 3.91. The summed E-state index contributed by atoms with van der Waals surface area (Å²) >= 11 is 0. The van der Waals surface area contributed by atoms with Crippen molar-refractivity contribution in [1.82, 2.24) is 4.98 Å². The Balaban J connectivity index is 2.83. The van der Waals surface area contributed by atoms with Crippen LogP contribution in [-0.2, 0) is 0 Å². The number of aromatic nitrogens is 1. The lowest BCUT2D eigenvalue weighted by Gasteiger charge is -2.04. The van der Waals surface area contributed by atoms with E-state index in [1.165, 1.54) is 27.7 Å². The molecule has 0 radical (unpaired) electrons. The molecule has 0 spiro atoms. The van der Waals surface area contributed by atoms with E-state index in [-0.39, 0.29) is 0 Å². The molecule has 74 valence electrons. The Morgan fingerprint density at radius 3 is 2.50 bits per heavy atom. The van der Waals surface area contributed by atoms with E-state index in [0.29, 0.717) is 5.92 Å². The van der Waals surface area contributed by atoms with Crippen molar-refractivity contribution in [2.45, 2.75) is 33.6 Å². The molecule has 1 heterocycles. The van der Waals surface area contributed by atoms with Gasteiger partial charge in [0.1, 0.15) is 0 Å². The van der Waals surface area contributed by atoms with E-state index >= 15 is 0 Å². The Kier molecular flexibility index (Phi) is 2.10. The fourth-order valence-electron chi connectivity index (χ4n) is 2.26. The summed E-state index contributed by atoms with van der Waals surface area (Å²) in [6.07, 6.45) is 0. The maximum Gasteiger partial charge on any atom is 0.0488 e. The summed E-state index contributed by atoms with van der Waals surface area (Å²) in [7, 11) is 0. The number of fused-ring (bicyclic) bond motifs is 1. The summed E-state index contributed by atoms with van der Waals surface area (Å²) in [4.78, 5) is 3.48. The second-order valence-corrected chi connectivity index (χ2v) is 4.32. The lowest BCUT2D eigenvalue weighted by atomic mass is 9.99. The summed E-state index contributed by atoms with van der Waals surface area (Å²) < 4.78 is 0. The fraction of sp³-hybridized carbons (Fsp3) is 0.385. The second kappa shape index (κ2) is 3.16. The number of hydrogen-bond acceptors (Lipinski definition) is 0. The SMILES string of the molecule is Cc1[nH]c2c(C)cccc2c1C(C)C. The first-order chi connectivity index (χ1) is 6.61. The van der Waals surface area contributed by atoms with Gasteiger partial charge in [0.25, 0.3) is 0 Å². The molecule has 0 saturated carbocycles. The molecule has 14 heavy (non-hydrogen) atoms. The number of aryl methyl sites for hydroxylation is 2. The Bertz CT molecular complexity index is 463. The largest absolute Gasteiger partial charge is 0.358 e. The van der Waals surface area contributed by atoms with Crippen molar-refractivity contribution in [1.29, 1.82) is 0 Å². The molecule has 1 N–H and O–H groups in total. The average molecular weight is 187 g/mol. The normalized spacial score (nSPS) is 11.5. The molecule has 0 saturated heterocycles. The highest BCUT2D eigenvalue weighted by molar-refractivity contribution is 5.87. The van der Waals surface area contributed by atoms with Crippen LogP contribution in [0.3, 0.4) is 0 Å². The van der Waals surface area contributed by atoms with Crippen LogP contribution in [0.15, 0.2) is 18.2 Å². The Hall–Kier alpha value is -1.24. The Morgan fingerprint density at radius 2 is 1.86 bits per heavy atom. The van der Waals surface area contributed by atoms with Gasteiger partial charge in [-0.15, -0.1) is 0 Å². The van der Waals surface area contributed by atoms with Gasteiger partial charge in [-0.3, -0.25) is 0 Å². The van der Waals surface area contributed by atoms with Crippen LogP contribution in [0.25, 0.3) is 10.9 Å². The molecular weight excluding hydrogens is 170 g/mol. The average Bonchev–Trinajstić information content (AvgIpc) is 2.42. The van der Waals surface area contributed by atoms with Crippen LogP contribution in [0.4, 0.5) is 0 Å². The van der Waals surface area contributed by atoms with Crippen molar-refractivity contribution in [2.24, 2.45) is 0 Å². The minimum absolute atomic E-state index is 0.588. The third-order valence-electron chi connectivity index (χ3n) is 2.86. The van der Waals surface area contributed by atoms with Crippen molar-refractivity contribution in [3.05, 3.63) is 35.0 Å². The van der Waals surface area contributed by atoms with Gasteiger partial charge in [-0.1, -0.05) is 32.0 Å². The van der Waals surface area contributed by atoms with Crippen molar-refractivity contribution >= 4 is 10.9 Å². The van der Waals surface area contributed by atoms with Crippen molar-refractivity contribution < 1.29 is 0 Å². The molecule has 0 aliphatic carbocycles. The van der Waals surface area contributed by atoms with E-state index in [9.17, 15) is 0 Å². The van der Waals surface area contributed by atoms with Gasteiger partial charge >= 0.3 is 0 Å². The predicted molar refractivity (Wildman–Crippen MR) is 61.9 cm³/mol. The van der Waals surface area contributed by atoms with Crippen molar-refractivity contribution in [2.75, 3.05) is 0 Å². The van der Waals surface area contributed by atoms with Crippen LogP contribution in [0, 0.1) is 13.8 Å². The van der Waals surface area contributed by atoms with E-state index in [4.69, 9.17) is 0 Å². The Morgan fingerprint density at radius 1 is 1.14 bits per heavy atom. The zero-order chi connectivity index (χ0) is 10.3. The van der Waals surface area contributed by atoms with Gasteiger partial charge in [0.2, 0.25) is 0 Å². The van der Waals surface area contributed by atoms with E-state index in [0.717, 1.165) is 0 Å². The van der Waals surface area contributed by atoms with Gasteiger partial charge in [0.15, 0.2) is 0 Å². The van der Waals surface area contributed by atoms with Crippen molar-refractivity contribution in [3.8, 4) is 0 Å². The number of hydrogen-bond donors (Lipinski definition) is 1. The molecule has 1 nitrogen and oxygen atoms in total. The molecule has 0 atom stereocenters. The summed E-state index contributed by atoms with van der Waals surface area (Å²) in [5.74, 6) is 0.588. The fourth-order valence-corrected chi connectivity index (χ4v) is 2.26. The summed E-state index contributed by atoms with van der Waals surface area (Å²) in [6, 6.07) is 6.50. The lowest BCUT2D eigenvalue weighted by Crippen LogP contribution is -1.87. The molecule has 1 aromatic heterocycles. The quantitative estimate of drug-likeness (QED) is 0.696. The van der Waals surface area contributed by atoms with E-state index in [1.54, 1.807) is 0 Å². The van der Waals surface area contributed by atoms with E-state index in [1.807, 2.05) is 0 Å². The molecule has 0 aliphatic heterocycles. The monoisotopic (exact) mass is 187 g/mol. The van der Waals surface area contributed by atoms with Gasteiger partial charge < -0.3 is 4.98 Å². The van der Waals surface area contributed by atoms with Crippen LogP contribution < -0.4 is 0 Å². The molecule has 1 heteroatoms. The zero-order valence-corrected chi connectivity index (χ0v) is 9.31. The second-order valence-electron chi connectivity index (χ2n) is 4.32. The van der Waals surface area contributed by atoms with Gasteiger partial charge in [0, 0.05) is 16.6 Å². The summed E-state index contributed by atoms with van der Waals surface area (Å²) in [6.45, 7) is 8.81. The number of para-hydroxylation sites is 1. The smallest absolute Gasteiger partial charge is 0.0488 e. The van der Waals surface area contributed by atoms with Crippen LogP contribution in [0.2, 0.25) is 0 Å². The van der Waals surface area contributed by atoms with Gasteiger partial charge in [-0.25, -0.2) is 0 Å². The third-order valence-corrected chi connectivity index (χ3v) is 2.86.